The van der Waals surface area contributed by atoms with Crippen molar-refractivity contribution in [2.75, 3.05) is 37.8 Å². The number of fused-ring (bicyclic) bond motifs is 2. The van der Waals surface area contributed by atoms with Crippen molar-refractivity contribution in [2.24, 2.45) is 5.92 Å². The Morgan fingerprint density at radius 3 is 2.57 bits per heavy atom. The van der Waals surface area contributed by atoms with Crippen molar-refractivity contribution in [3.63, 3.8) is 0 Å². The van der Waals surface area contributed by atoms with Crippen molar-refractivity contribution in [3.8, 4) is 33.8 Å². The first-order valence-electron chi connectivity index (χ1n) is 15.7. The summed E-state index contributed by atoms with van der Waals surface area (Å²) in [6.45, 7) is 1.53. The van der Waals surface area contributed by atoms with E-state index in [0.29, 0.717) is 17.9 Å². The molecule has 5 aromatic heterocycles. The number of carbonyl (C=O) groups is 1. The number of likely N-dealkylation sites (N-methyl/N-ethyl adjacent to an activating group) is 1. The Morgan fingerprint density at radius 1 is 0.891 bits per heavy atom. The molecule has 1 aromatic carbocycles. The molecule has 4 N–H and O–H groups in total. The summed E-state index contributed by atoms with van der Waals surface area (Å²) in [6, 6.07) is 10.9. The molecule has 234 valence electrons. The van der Waals surface area contributed by atoms with Crippen LogP contribution in [0.1, 0.15) is 32.1 Å². The molecule has 1 fully saturated rings. The zero-order valence-corrected chi connectivity index (χ0v) is 25.9. The van der Waals surface area contributed by atoms with Crippen LogP contribution >= 0.6 is 0 Å². The fraction of sp³-hybridized carbons (Fsp3) is 0.286. The lowest BCUT2D eigenvalue weighted by Gasteiger charge is -2.20. The molecule has 5 heterocycles. The summed E-state index contributed by atoms with van der Waals surface area (Å²) in [5.41, 5.74) is 7.54. The zero-order valence-electron chi connectivity index (χ0n) is 25.9. The van der Waals surface area contributed by atoms with E-state index in [9.17, 15) is 9.18 Å². The molecule has 11 heteroatoms. The van der Waals surface area contributed by atoms with Gasteiger partial charge >= 0.3 is 0 Å². The Hall–Kier alpha value is -5.16. The molecule has 0 aliphatic heterocycles. The van der Waals surface area contributed by atoms with Crippen LogP contribution in [0.2, 0.25) is 0 Å². The van der Waals surface area contributed by atoms with E-state index in [1.54, 1.807) is 31.0 Å². The highest BCUT2D eigenvalue weighted by atomic mass is 19.1. The van der Waals surface area contributed by atoms with Gasteiger partial charge in [0, 0.05) is 59.0 Å². The Morgan fingerprint density at radius 2 is 1.72 bits per heavy atom. The lowest BCUT2D eigenvalue weighted by atomic mass is 9.88. The summed E-state index contributed by atoms with van der Waals surface area (Å²) in [6.07, 6.45) is 14.0. The number of hydrogen-bond acceptors (Lipinski definition) is 7. The number of aromatic nitrogens is 6. The summed E-state index contributed by atoms with van der Waals surface area (Å²) in [5, 5.41) is 15.9. The van der Waals surface area contributed by atoms with Crippen molar-refractivity contribution in [3.05, 3.63) is 73.2 Å². The highest BCUT2D eigenvalue weighted by molar-refractivity contribution is 6.01. The molecule has 7 rings (SSSR count). The van der Waals surface area contributed by atoms with E-state index in [4.69, 9.17) is 0 Å². The van der Waals surface area contributed by atoms with Gasteiger partial charge in [0.1, 0.15) is 11.5 Å². The number of nitrogens with one attached hydrogen (secondary N) is 4. The van der Waals surface area contributed by atoms with Gasteiger partial charge in [0.15, 0.2) is 0 Å². The molecule has 10 nitrogen and oxygen atoms in total. The summed E-state index contributed by atoms with van der Waals surface area (Å²) >= 11 is 0. The number of carbonyl (C=O) groups excluding carboxylic acids is 1. The molecule has 1 amide bonds. The lowest BCUT2D eigenvalue weighted by molar-refractivity contribution is -0.120. The normalized spacial score (nSPS) is 13.9. The fourth-order valence-electron chi connectivity index (χ4n) is 6.22. The number of anilines is 2. The van der Waals surface area contributed by atoms with Crippen LogP contribution in [0.3, 0.4) is 0 Å². The van der Waals surface area contributed by atoms with Gasteiger partial charge in [0.2, 0.25) is 5.91 Å². The average molecular weight is 618 g/mol. The third-order valence-electron chi connectivity index (χ3n) is 8.62. The first-order valence-corrected chi connectivity index (χ1v) is 15.7. The molecule has 0 spiro atoms. The molecule has 0 atom stereocenters. The molecule has 0 bridgehead atoms. The molecule has 46 heavy (non-hydrogen) atoms. The standard InChI is InChI=1S/C35H36FN9O/c1-45(2)9-8-39-25-11-22(10-24(36)13-25)29-18-38-19-32-27(29)14-31(42-32)34-28-15-30(40-20-33(28)43-44-34)23-12-26(17-37-16-23)41-35(46)21-6-4-3-5-7-21/h10-21,39,42H,3-9H2,1-2H3,(H,41,46)(H,43,44). The van der Waals surface area contributed by atoms with Crippen molar-refractivity contribution in [1.29, 1.82) is 0 Å². The second-order valence-electron chi connectivity index (χ2n) is 12.3. The molecule has 1 aliphatic carbocycles. The maximum absolute atomic E-state index is 14.7. The van der Waals surface area contributed by atoms with Crippen LogP contribution < -0.4 is 10.6 Å². The van der Waals surface area contributed by atoms with Crippen LogP contribution in [0.5, 0.6) is 0 Å². The topological polar surface area (TPSA) is 128 Å². The first-order chi connectivity index (χ1) is 22.4. The van der Waals surface area contributed by atoms with Gasteiger partial charge in [0.25, 0.3) is 0 Å². The van der Waals surface area contributed by atoms with Crippen molar-refractivity contribution in [1.82, 2.24) is 35.0 Å². The number of amides is 1. The number of rotatable bonds is 9. The predicted molar refractivity (Wildman–Crippen MR) is 180 cm³/mol. The highest BCUT2D eigenvalue weighted by Gasteiger charge is 2.21. The minimum absolute atomic E-state index is 0.0557. The van der Waals surface area contributed by atoms with Gasteiger partial charge in [-0.15, -0.1) is 0 Å². The Labute approximate surface area is 265 Å². The van der Waals surface area contributed by atoms with Crippen LogP contribution in [0, 0.1) is 11.7 Å². The second kappa shape index (κ2) is 12.7. The first kappa shape index (κ1) is 29.5. The largest absolute Gasteiger partial charge is 0.384 e. The van der Waals surface area contributed by atoms with Crippen molar-refractivity contribution in [2.45, 2.75) is 32.1 Å². The number of pyridine rings is 3. The van der Waals surface area contributed by atoms with E-state index >= 15 is 0 Å². The van der Waals surface area contributed by atoms with E-state index in [1.807, 2.05) is 38.4 Å². The molecule has 0 unspecified atom stereocenters. The monoisotopic (exact) mass is 617 g/mol. The van der Waals surface area contributed by atoms with Gasteiger partial charge in [-0.2, -0.15) is 5.10 Å². The highest BCUT2D eigenvalue weighted by Crippen LogP contribution is 2.35. The summed E-state index contributed by atoms with van der Waals surface area (Å²) in [5.74, 6) is -0.204. The molecule has 6 aromatic rings. The number of hydrogen-bond donors (Lipinski definition) is 4. The van der Waals surface area contributed by atoms with E-state index in [1.165, 1.54) is 18.6 Å². The SMILES string of the molecule is CN(C)CCNc1cc(F)cc(-c2cncc3[nH]c(-c4n[nH]c5cnc(-c6cncc(NC(=O)C7CCCCC7)c6)cc45)cc23)c1. The van der Waals surface area contributed by atoms with Gasteiger partial charge < -0.3 is 20.5 Å². The number of aromatic amines is 2. The molecular weight excluding hydrogens is 581 g/mol. The molecule has 1 saturated carbocycles. The van der Waals surface area contributed by atoms with E-state index in [2.05, 4.69) is 45.7 Å². The van der Waals surface area contributed by atoms with Crippen LogP contribution in [0.4, 0.5) is 15.8 Å². The third kappa shape index (κ3) is 6.18. The second-order valence-corrected chi connectivity index (χ2v) is 12.3. The number of benzene rings is 1. The van der Waals surface area contributed by atoms with Crippen LogP contribution in [0.25, 0.3) is 55.6 Å². The summed E-state index contributed by atoms with van der Waals surface area (Å²) < 4.78 is 14.7. The maximum atomic E-state index is 14.7. The quantitative estimate of drug-likeness (QED) is 0.140. The number of H-pyrrole nitrogens is 2. The van der Waals surface area contributed by atoms with Crippen LogP contribution in [-0.4, -0.2) is 68.1 Å². The van der Waals surface area contributed by atoms with Gasteiger partial charge in [-0.3, -0.25) is 24.8 Å². The fourth-order valence-corrected chi connectivity index (χ4v) is 6.22. The van der Waals surface area contributed by atoms with Crippen LogP contribution in [-0.2, 0) is 4.79 Å². The Bertz CT molecular complexity index is 2030. The molecule has 0 radical (unpaired) electrons. The smallest absolute Gasteiger partial charge is 0.227 e. The Balaban J connectivity index is 1.19. The minimum atomic E-state index is -0.317. The van der Waals surface area contributed by atoms with Crippen LogP contribution in [0.15, 0.2) is 67.4 Å². The van der Waals surface area contributed by atoms with Gasteiger partial charge in [-0.1, -0.05) is 19.3 Å². The molecule has 1 aliphatic rings. The maximum Gasteiger partial charge on any atom is 0.227 e. The van der Waals surface area contributed by atoms with Gasteiger partial charge in [-0.25, -0.2) is 4.39 Å². The summed E-state index contributed by atoms with van der Waals surface area (Å²) in [4.78, 5) is 31.9. The summed E-state index contributed by atoms with van der Waals surface area (Å²) in [7, 11) is 4.01. The van der Waals surface area contributed by atoms with E-state index < -0.39 is 0 Å². The predicted octanol–water partition coefficient (Wildman–Crippen LogP) is 6.86. The molecular formula is C35H36FN9O. The van der Waals surface area contributed by atoms with Gasteiger partial charge in [0.05, 0.1) is 46.7 Å². The third-order valence-corrected chi connectivity index (χ3v) is 8.62. The molecule has 0 saturated heterocycles. The number of nitrogens with zero attached hydrogens (tertiary/aromatic N) is 5. The van der Waals surface area contributed by atoms with E-state index in [0.717, 1.165) is 87.8 Å². The lowest BCUT2D eigenvalue weighted by Crippen LogP contribution is -2.24. The van der Waals surface area contributed by atoms with Crippen molar-refractivity contribution >= 4 is 39.1 Å². The Kier molecular flexibility index (Phi) is 8.15. The zero-order chi connectivity index (χ0) is 31.6. The van der Waals surface area contributed by atoms with Crippen molar-refractivity contribution < 1.29 is 9.18 Å². The number of halogens is 1. The minimum Gasteiger partial charge on any atom is -0.384 e. The van der Waals surface area contributed by atoms with Gasteiger partial charge in [-0.05, 0) is 68.9 Å². The average Bonchev–Trinajstić information content (AvgIpc) is 3.69. The van der Waals surface area contributed by atoms with E-state index in [-0.39, 0.29) is 17.6 Å².